The minimum absolute atomic E-state index is 0.0228. The number of rotatable bonds is 24. The van der Waals surface area contributed by atoms with Crippen LogP contribution in [0.4, 0.5) is 21.1 Å². The first-order valence-electron chi connectivity index (χ1n) is 14.6. The third kappa shape index (κ3) is 13.7. The summed E-state index contributed by atoms with van der Waals surface area (Å²) in [7, 11) is 0. The number of ether oxygens (including phenoxy) is 6. The van der Waals surface area contributed by atoms with Gasteiger partial charge in [-0.1, -0.05) is 18.7 Å². The van der Waals surface area contributed by atoms with E-state index in [4.69, 9.17) is 34.2 Å². The molecule has 12 nitrogen and oxygen atoms in total. The van der Waals surface area contributed by atoms with Crippen molar-refractivity contribution in [1.82, 2.24) is 9.97 Å². The lowest BCUT2D eigenvalue weighted by molar-refractivity contribution is -0.112. The number of benzene rings is 2. The fourth-order valence-corrected chi connectivity index (χ4v) is 4.03. The van der Waals surface area contributed by atoms with Crippen molar-refractivity contribution in [1.29, 1.82) is 0 Å². The highest BCUT2D eigenvalue weighted by Gasteiger charge is 2.15. The summed E-state index contributed by atoms with van der Waals surface area (Å²) in [4.78, 5) is 21.4. The molecule has 0 fully saturated rings. The number of halogens is 1. The number of hydrogen-bond donors (Lipinski definition) is 3. The van der Waals surface area contributed by atoms with Gasteiger partial charge in [0, 0.05) is 47.2 Å². The van der Waals surface area contributed by atoms with Crippen molar-refractivity contribution < 1.29 is 37.1 Å². The third-order valence-corrected chi connectivity index (χ3v) is 6.43. The van der Waals surface area contributed by atoms with Crippen LogP contribution in [-0.2, 0) is 28.5 Å². The average Bonchev–Trinajstić information content (AvgIpc) is 3.04. The van der Waals surface area contributed by atoms with Crippen LogP contribution < -0.4 is 21.1 Å². The molecule has 1 aromatic heterocycles. The van der Waals surface area contributed by atoms with Crippen molar-refractivity contribution in [3.8, 4) is 5.75 Å². The van der Waals surface area contributed by atoms with Crippen LogP contribution in [-0.4, -0.2) is 101 Å². The highest BCUT2D eigenvalue weighted by atomic mass is 32.2. The number of nitrogens with two attached hydrogens (primary N) is 1. The van der Waals surface area contributed by atoms with Crippen molar-refractivity contribution in [3.63, 3.8) is 0 Å². The van der Waals surface area contributed by atoms with Crippen molar-refractivity contribution in [2.45, 2.75) is 6.92 Å². The zero-order valence-electron chi connectivity index (χ0n) is 25.6. The van der Waals surface area contributed by atoms with E-state index in [1.807, 2.05) is 31.2 Å². The molecule has 0 aliphatic carbocycles. The second-order valence-corrected chi connectivity index (χ2v) is 10.2. The molecule has 3 aromatic rings. The van der Waals surface area contributed by atoms with Gasteiger partial charge in [0.2, 0.25) is 0 Å². The molecule has 0 aliphatic heterocycles. The first-order valence-corrected chi connectivity index (χ1v) is 15.5. The molecule has 0 unspecified atom stereocenters. The number of carbonyl (C=O) groups excluding carboxylic acids is 1. The molecule has 45 heavy (non-hydrogen) atoms. The average molecular weight is 648 g/mol. The van der Waals surface area contributed by atoms with Gasteiger partial charge in [-0.25, -0.2) is 9.97 Å². The molecule has 1 heterocycles. The van der Waals surface area contributed by atoms with Crippen molar-refractivity contribution >= 4 is 46.2 Å². The van der Waals surface area contributed by atoms with Gasteiger partial charge in [0.1, 0.15) is 24.5 Å². The van der Waals surface area contributed by atoms with E-state index in [9.17, 15) is 8.68 Å². The van der Waals surface area contributed by atoms with E-state index in [-0.39, 0.29) is 30.9 Å². The number of carbonyl (C=O) groups is 1. The monoisotopic (exact) mass is 647 g/mol. The molecular weight excluding hydrogens is 605 g/mol. The zero-order chi connectivity index (χ0) is 32.1. The Kier molecular flexibility index (Phi) is 17.2. The van der Waals surface area contributed by atoms with E-state index < -0.39 is 5.91 Å². The molecule has 14 heteroatoms. The summed E-state index contributed by atoms with van der Waals surface area (Å²) in [6, 6.07) is 11.4. The Morgan fingerprint density at radius 3 is 2.11 bits per heavy atom. The molecule has 0 saturated heterocycles. The normalized spacial score (nSPS) is 11.1. The Bertz CT molecular complexity index is 1340. The number of fused-ring (bicyclic) bond motifs is 1. The lowest BCUT2D eigenvalue weighted by Gasteiger charge is -2.16. The second-order valence-electron chi connectivity index (χ2n) is 9.57. The van der Waals surface area contributed by atoms with Crippen LogP contribution in [0, 0.1) is 6.92 Å². The van der Waals surface area contributed by atoms with Crippen LogP contribution in [0.1, 0.15) is 5.56 Å². The van der Waals surface area contributed by atoms with Crippen molar-refractivity contribution in [2.75, 3.05) is 95.6 Å². The number of nitrogens with zero attached hydrogens (tertiary/aromatic N) is 2. The van der Waals surface area contributed by atoms with E-state index >= 15 is 0 Å². The molecule has 2 aromatic carbocycles. The molecule has 0 spiro atoms. The highest BCUT2D eigenvalue weighted by molar-refractivity contribution is 7.94. The molecule has 0 bridgehead atoms. The minimum Gasteiger partial charge on any atom is -0.489 e. The number of aromatic nitrogens is 2. The molecule has 1 amide bonds. The van der Waals surface area contributed by atoms with E-state index in [1.54, 1.807) is 12.1 Å². The predicted molar refractivity (Wildman–Crippen MR) is 174 cm³/mol. The SMILES string of the molecule is C=C(CN)C(=O)Nc1cc2c(Nc3cccc(C)c3)ncnc2cc1OCCOCCOCCOCCOCCOCCSF. The summed E-state index contributed by atoms with van der Waals surface area (Å²) < 4.78 is 45.0. The van der Waals surface area contributed by atoms with Gasteiger partial charge in [0.05, 0.1) is 77.3 Å². The molecule has 0 atom stereocenters. The van der Waals surface area contributed by atoms with Gasteiger partial charge in [-0.3, -0.25) is 4.79 Å². The second kappa shape index (κ2) is 21.4. The molecule has 246 valence electrons. The molecule has 0 saturated carbocycles. The molecule has 0 aliphatic rings. The Labute approximate surface area is 267 Å². The number of aryl methyl sites for hydroxylation is 1. The number of anilines is 3. The highest BCUT2D eigenvalue weighted by Crippen LogP contribution is 2.33. The Hall–Kier alpha value is -3.37. The van der Waals surface area contributed by atoms with Gasteiger partial charge in [-0.2, -0.15) is 3.89 Å². The number of hydrogen-bond acceptors (Lipinski definition) is 12. The summed E-state index contributed by atoms with van der Waals surface area (Å²) in [5.74, 6) is 0.921. The molecule has 0 radical (unpaired) electrons. The van der Waals surface area contributed by atoms with Gasteiger partial charge in [0.25, 0.3) is 5.91 Å². The van der Waals surface area contributed by atoms with Crippen LogP contribution >= 0.6 is 12.1 Å². The fraction of sp³-hybridized carbons (Fsp3) is 0.452. The quantitative estimate of drug-likeness (QED) is 0.0945. The lowest BCUT2D eigenvalue weighted by atomic mass is 10.1. The Morgan fingerprint density at radius 2 is 1.51 bits per heavy atom. The van der Waals surface area contributed by atoms with Crippen LogP contribution in [0.5, 0.6) is 5.75 Å². The first-order chi connectivity index (χ1) is 22.0. The topological polar surface area (TPSA) is 148 Å². The standard InChI is InChI=1S/C31H42FN5O7S/c1-23-4-3-5-25(18-23)36-30-26-19-28(37-31(38)24(2)21-33)29(20-27(26)34-22-35-30)44-15-14-42-11-10-40-7-6-39-8-9-41-12-13-43-16-17-45-32/h3-5,18-20,22H,2,6-17,21,33H2,1H3,(H,37,38)(H,34,35,36). The number of nitrogens with one attached hydrogen (secondary N) is 2. The Balaban J connectivity index is 1.41. The Morgan fingerprint density at radius 1 is 0.889 bits per heavy atom. The summed E-state index contributed by atoms with van der Waals surface area (Å²) in [6.07, 6.45) is 1.47. The van der Waals surface area contributed by atoms with E-state index in [0.29, 0.717) is 100.0 Å². The van der Waals surface area contributed by atoms with Crippen LogP contribution in [0.3, 0.4) is 0 Å². The van der Waals surface area contributed by atoms with Crippen LogP contribution in [0.15, 0.2) is 54.9 Å². The summed E-state index contributed by atoms with van der Waals surface area (Å²) in [5.41, 5.74) is 8.89. The van der Waals surface area contributed by atoms with Gasteiger partial charge in [-0.15, -0.1) is 0 Å². The van der Waals surface area contributed by atoms with Gasteiger partial charge < -0.3 is 44.8 Å². The predicted octanol–water partition coefficient (Wildman–Crippen LogP) is 4.21. The molecule has 4 N–H and O–H groups in total. The first kappa shape index (κ1) is 36.1. The smallest absolute Gasteiger partial charge is 0.252 e. The van der Waals surface area contributed by atoms with Gasteiger partial charge in [0.15, 0.2) is 0 Å². The maximum Gasteiger partial charge on any atom is 0.252 e. The van der Waals surface area contributed by atoms with Crippen LogP contribution in [0.2, 0.25) is 0 Å². The maximum absolute atomic E-state index is 12.6. The molecule has 3 rings (SSSR count). The van der Waals surface area contributed by atoms with Gasteiger partial charge in [-0.05, 0) is 30.7 Å². The van der Waals surface area contributed by atoms with Crippen LogP contribution in [0.25, 0.3) is 10.9 Å². The summed E-state index contributed by atoms with van der Waals surface area (Å²) in [6.45, 7) is 10.1. The van der Waals surface area contributed by atoms with E-state index in [1.165, 1.54) is 6.33 Å². The zero-order valence-corrected chi connectivity index (χ0v) is 26.4. The maximum atomic E-state index is 12.6. The van der Waals surface area contributed by atoms with Crippen molar-refractivity contribution in [3.05, 3.63) is 60.4 Å². The number of amides is 1. The lowest BCUT2D eigenvalue weighted by Crippen LogP contribution is -2.20. The summed E-state index contributed by atoms with van der Waals surface area (Å²) in [5, 5.41) is 6.86. The van der Waals surface area contributed by atoms with E-state index in [2.05, 4.69) is 27.2 Å². The van der Waals surface area contributed by atoms with E-state index in [0.717, 1.165) is 11.3 Å². The molecular formula is C31H42FN5O7S. The fourth-order valence-electron chi connectivity index (χ4n) is 3.85. The van der Waals surface area contributed by atoms with Gasteiger partial charge >= 0.3 is 0 Å². The van der Waals surface area contributed by atoms with Crippen molar-refractivity contribution in [2.24, 2.45) is 5.73 Å². The third-order valence-electron chi connectivity index (χ3n) is 6.11. The summed E-state index contributed by atoms with van der Waals surface area (Å²) >= 11 is 0.259. The largest absolute Gasteiger partial charge is 0.489 e. The minimum atomic E-state index is -0.410.